The summed E-state index contributed by atoms with van der Waals surface area (Å²) >= 11 is 6.09. The summed E-state index contributed by atoms with van der Waals surface area (Å²) in [6.45, 7) is 4.77. The minimum atomic E-state index is -0.209. The summed E-state index contributed by atoms with van der Waals surface area (Å²) in [6, 6.07) is 14.9. The molecule has 0 saturated carbocycles. The number of benzene rings is 2. The van der Waals surface area contributed by atoms with Gasteiger partial charge in [0, 0.05) is 31.2 Å². The Morgan fingerprint density at radius 2 is 2.07 bits per heavy atom. The molecule has 1 aromatic heterocycles. The molecule has 0 radical (unpaired) electrons. The molecule has 0 aliphatic rings. The van der Waals surface area contributed by atoms with Gasteiger partial charge in [0.2, 0.25) is 0 Å². The quantitative estimate of drug-likeness (QED) is 0.613. The molecule has 0 saturated heterocycles. The largest absolute Gasteiger partial charge is 0.337 e. The number of carbonyl (C=O) groups is 1. The zero-order valence-electron chi connectivity index (χ0n) is 15.2. The van der Waals surface area contributed by atoms with Gasteiger partial charge in [0.1, 0.15) is 0 Å². The molecule has 3 rings (SSSR count). The van der Waals surface area contributed by atoms with Crippen LogP contribution in [0, 0.1) is 5.92 Å². The van der Waals surface area contributed by atoms with Crippen molar-refractivity contribution < 1.29 is 4.79 Å². The summed E-state index contributed by atoms with van der Waals surface area (Å²) in [5.41, 5.74) is 2.34. The first-order valence-electron chi connectivity index (χ1n) is 8.93. The van der Waals surface area contributed by atoms with E-state index in [9.17, 15) is 4.79 Å². The van der Waals surface area contributed by atoms with Crippen LogP contribution in [0.25, 0.3) is 0 Å². The van der Waals surface area contributed by atoms with Crippen LogP contribution in [0.1, 0.15) is 22.8 Å². The number of hydrogen-bond acceptors (Lipinski definition) is 3. The monoisotopic (exact) mass is 382 g/mol. The molecule has 1 atom stereocenters. The molecule has 0 bridgehead atoms. The number of amides is 1. The fourth-order valence-electron chi connectivity index (χ4n) is 2.88. The van der Waals surface area contributed by atoms with Crippen molar-refractivity contribution >= 4 is 23.2 Å². The summed E-state index contributed by atoms with van der Waals surface area (Å²) in [6.07, 6.45) is 5.60. The smallest absolute Gasteiger partial charge is 0.257 e. The number of nitrogens with one attached hydrogen (secondary N) is 2. The highest BCUT2D eigenvalue weighted by Gasteiger charge is 2.10. The lowest BCUT2D eigenvalue weighted by Gasteiger charge is -2.14. The van der Waals surface area contributed by atoms with Crippen LogP contribution in [0.4, 0.5) is 5.69 Å². The van der Waals surface area contributed by atoms with Crippen molar-refractivity contribution in [1.29, 1.82) is 0 Å². The zero-order chi connectivity index (χ0) is 19.1. The molecular formula is C21H23ClN4O. The van der Waals surface area contributed by atoms with Crippen molar-refractivity contribution in [2.75, 3.05) is 11.9 Å². The zero-order valence-corrected chi connectivity index (χ0v) is 16.0. The number of aromatic nitrogens is 2. The molecule has 0 aliphatic carbocycles. The van der Waals surface area contributed by atoms with Gasteiger partial charge in [-0.25, -0.2) is 4.98 Å². The Kier molecular flexibility index (Phi) is 6.63. The van der Waals surface area contributed by atoms with Crippen molar-refractivity contribution in [1.82, 2.24) is 14.9 Å². The first-order valence-corrected chi connectivity index (χ1v) is 9.31. The molecule has 0 fully saturated rings. The van der Waals surface area contributed by atoms with Crippen LogP contribution in [-0.2, 0) is 13.1 Å². The van der Waals surface area contributed by atoms with Crippen LogP contribution in [0.3, 0.4) is 0 Å². The molecule has 1 heterocycles. The van der Waals surface area contributed by atoms with Gasteiger partial charge in [0.25, 0.3) is 5.91 Å². The predicted octanol–water partition coefficient (Wildman–Crippen LogP) is 4.21. The normalized spacial score (nSPS) is 11.9. The van der Waals surface area contributed by atoms with Crippen molar-refractivity contribution in [2.24, 2.45) is 5.92 Å². The lowest BCUT2D eigenvalue weighted by Crippen LogP contribution is -2.23. The Hall–Kier alpha value is -2.63. The number of halogens is 1. The molecule has 0 spiro atoms. The summed E-state index contributed by atoms with van der Waals surface area (Å²) < 4.78 is 2.08. The van der Waals surface area contributed by atoms with Crippen LogP contribution in [-0.4, -0.2) is 22.0 Å². The van der Waals surface area contributed by atoms with Gasteiger partial charge >= 0.3 is 0 Å². The third kappa shape index (κ3) is 5.67. The van der Waals surface area contributed by atoms with E-state index in [2.05, 4.69) is 27.1 Å². The Labute approximate surface area is 164 Å². The molecule has 1 amide bonds. The molecule has 2 aromatic carbocycles. The number of anilines is 1. The second kappa shape index (κ2) is 9.35. The summed E-state index contributed by atoms with van der Waals surface area (Å²) in [4.78, 5) is 16.4. The van der Waals surface area contributed by atoms with E-state index >= 15 is 0 Å². The molecule has 0 aliphatic heterocycles. The molecule has 6 heteroatoms. The topological polar surface area (TPSA) is 58.9 Å². The van der Waals surface area contributed by atoms with Gasteiger partial charge < -0.3 is 15.2 Å². The summed E-state index contributed by atoms with van der Waals surface area (Å²) in [5, 5.41) is 6.82. The standard InChI is InChI=1S/C21H23ClN4O/c1-16(14-26-10-9-23-15-26)12-24-13-17-5-4-6-18(11-17)25-21(27)19-7-2-3-8-20(19)22/h2-11,15-16,24H,12-14H2,1H3,(H,25,27)/t16-/m0/s1. The van der Waals surface area contributed by atoms with E-state index in [1.807, 2.05) is 36.8 Å². The highest BCUT2D eigenvalue weighted by molar-refractivity contribution is 6.34. The molecule has 2 N–H and O–H groups in total. The van der Waals surface area contributed by atoms with E-state index in [-0.39, 0.29) is 5.91 Å². The molecule has 5 nitrogen and oxygen atoms in total. The average molecular weight is 383 g/mol. The Morgan fingerprint density at radius 3 is 2.85 bits per heavy atom. The number of imidazole rings is 1. The molecule has 27 heavy (non-hydrogen) atoms. The number of rotatable bonds is 8. The summed E-state index contributed by atoms with van der Waals surface area (Å²) in [5.74, 6) is 0.280. The van der Waals surface area contributed by atoms with Gasteiger partial charge in [-0.05, 0) is 42.3 Å². The summed E-state index contributed by atoms with van der Waals surface area (Å²) in [7, 11) is 0. The van der Waals surface area contributed by atoms with Gasteiger partial charge in [-0.2, -0.15) is 0 Å². The Bertz CT molecular complexity index is 879. The molecule has 140 valence electrons. The highest BCUT2D eigenvalue weighted by Crippen LogP contribution is 2.18. The second-order valence-corrected chi connectivity index (χ2v) is 7.04. The van der Waals surface area contributed by atoms with E-state index < -0.39 is 0 Å². The lowest BCUT2D eigenvalue weighted by atomic mass is 10.1. The number of carbonyl (C=O) groups excluding carboxylic acids is 1. The number of nitrogens with zero attached hydrogens (tertiary/aromatic N) is 2. The van der Waals surface area contributed by atoms with Gasteiger partial charge in [-0.1, -0.05) is 42.8 Å². The number of hydrogen-bond donors (Lipinski definition) is 2. The van der Waals surface area contributed by atoms with E-state index in [0.717, 1.165) is 30.9 Å². The van der Waals surface area contributed by atoms with Crippen molar-refractivity contribution in [3.63, 3.8) is 0 Å². The van der Waals surface area contributed by atoms with Crippen LogP contribution >= 0.6 is 11.6 Å². The maximum absolute atomic E-state index is 12.4. The minimum Gasteiger partial charge on any atom is -0.337 e. The van der Waals surface area contributed by atoms with Crippen molar-refractivity contribution in [3.05, 3.63) is 83.4 Å². The Balaban J connectivity index is 1.51. The van der Waals surface area contributed by atoms with Crippen LogP contribution in [0.2, 0.25) is 5.02 Å². The molecular weight excluding hydrogens is 360 g/mol. The molecule has 3 aromatic rings. The van der Waals surface area contributed by atoms with E-state index in [4.69, 9.17) is 11.6 Å². The minimum absolute atomic E-state index is 0.209. The van der Waals surface area contributed by atoms with Crippen molar-refractivity contribution in [3.8, 4) is 0 Å². The van der Waals surface area contributed by atoms with E-state index in [1.165, 1.54) is 0 Å². The first kappa shape index (κ1) is 19.1. The predicted molar refractivity (Wildman–Crippen MR) is 109 cm³/mol. The fourth-order valence-corrected chi connectivity index (χ4v) is 3.11. The van der Waals surface area contributed by atoms with Gasteiger partial charge in [0.05, 0.1) is 16.9 Å². The fraction of sp³-hybridized carbons (Fsp3) is 0.238. The first-order chi connectivity index (χ1) is 13.1. The third-order valence-electron chi connectivity index (χ3n) is 4.21. The van der Waals surface area contributed by atoms with E-state index in [1.54, 1.807) is 30.5 Å². The van der Waals surface area contributed by atoms with Gasteiger partial charge in [-0.15, -0.1) is 0 Å². The third-order valence-corrected chi connectivity index (χ3v) is 4.54. The molecule has 0 unspecified atom stereocenters. The van der Waals surface area contributed by atoms with Crippen molar-refractivity contribution in [2.45, 2.75) is 20.0 Å². The van der Waals surface area contributed by atoms with Crippen LogP contribution in [0.15, 0.2) is 67.3 Å². The lowest BCUT2D eigenvalue weighted by molar-refractivity contribution is 0.102. The van der Waals surface area contributed by atoms with Crippen LogP contribution in [0.5, 0.6) is 0 Å². The van der Waals surface area contributed by atoms with E-state index in [0.29, 0.717) is 16.5 Å². The average Bonchev–Trinajstić information content (AvgIpc) is 3.15. The van der Waals surface area contributed by atoms with Gasteiger partial charge in [-0.3, -0.25) is 4.79 Å². The maximum Gasteiger partial charge on any atom is 0.257 e. The Morgan fingerprint density at radius 1 is 1.22 bits per heavy atom. The maximum atomic E-state index is 12.4. The SMILES string of the molecule is C[C@@H](CNCc1cccc(NC(=O)c2ccccc2Cl)c1)Cn1ccnc1. The van der Waals surface area contributed by atoms with Crippen LogP contribution < -0.4 is 10.6 Å². The highest BCUT2D eigenvalue weighted by atomic mass is 35.5. The van der Waals surface area contributed by atoms with Gasteiger partial charge in [0.15, 0.2) is 0 Å². The second-order valence-electron chi connectivity index (χ2n) is 6.63.